The van der Waals surface area contributed by atoms with E-state index in [1.54, 1.807) is 25.1 Å². The van der Waals surface area contributed by atoms with Crippen LogP contribution in [0.4, 0.5) is 10.1 Å². The zero-order chi connectivity index (χ0) is 19.6. The molecule has 7 heteroatoms. The lowest BCUT2D eigenvalue weighted by atomic mass is 10.1. The van der Waals surface area contributed by atoms with Crippen LogP contribution in [0.3, 0.4) is 0 Å². The molecular formula is C20H17BrFN3O2. The van der Waals surface area contributed by atoms with Gasteiger partial charge >= 0.3 is 0 Å². The number of fused-ring (bicyclic) bond motifs is 1. The first-order valence-electron chi connectivity index (χ1n) is 8.24. The third-order valence-corrected chi connectivity index (χ3v) is 4.58. The van der Waals surface area contributed by atoms with Gasteiger partial charge in [-0.05, 0) is 55.8 Å². The molecule has 3 rings (SSSR count). The van der Waals surface area contributed by atoms with E-state index in [1.807, 2.05) is 19.1 Å². The highest BCUT2D eigenvalue weighted by molar-refractivity contribution is 9.10. The molecule has 0 aliphatic carbocycles. The number of amides is 2. The zero-order valence-electron chi connectivity index (χ0n) is 14.8. The van der Waals surface area contributed by atoms with Crippen LogP contribution in [0.25, 0.3) is 10.9 Å². The van der Waals surface area contributed by atoms with Gasteiger partial charge in [-0.3, -0.25) is 14.6 Å². The van der Waals surface area contributed by atoms with Crippen LogP contribution in [0.1, 0.15) is 21.6 Å². The highest BCUT2D eigenvalue weighted by Gasteiger charge is 2.14. The largest absolute Gasteiger partial charge is 0.343 e. The second-order valence-corrected chi connectivity index (χ2v) is 7.06. The quantitative estimate of drug-likeness (QED) is 0.654. The molecule has 0 unspecified atom stereocenters. The molecule has 27 heavy (non-hydrogen) atoms. The van der Waals surface area contributed by atoms with E-state index >= 15 is 0 Å². The summed E-state index contributed by atoms with van der Waals surface area (Å²) in [6.07, 6.45) is 0. The number of anilines is 1. The number of carbonyl (C=O) groups excluding carboxylic acids is 2. The van der Waals surface area contributed by atoms with Gasteiger partial charge in [0.05, 0.1) is 23.3 Å². The molecule has 2 amide bonds. The van der Waals surface area contributed by atoms with E-state index in [2.05, 4.69) is 31.5 Å². The number of aromatic nitrogens is 1. The summed E-state index contributed by atoms with van der Waals surface area (Å²) in [4.78, 5) is 28.8. The van der Waals surface area contributed by atoms with Crippen molar-refractivity contribution in [2.24, 2.45) is 0 Å². The van der Waals surface area contributed by atoms with Crippen molar-refractivity contribution >= 4 is 44.3 Å². The Balaban J connectivity index is 1.68. The Morgan fingerprint density at radius 3 is 2.63 bits per heavy atom. The number of benzene rings is 2. The van der Waals surface area contributed by atoms with Crippen molar-refractivity contribution in [2.75, 3.05) is 11.9 Å². The number of pyridine rings is 1. The van der Waals surface area contributed by atoms with Gasteiger partial charge in [0, 0.05) is 21.6 Å². The minimum Gasteiger partial charge on any atom is -0.343 e. The Kier molecular flexibility index (Phi) is 5.51. The Bertz CT molecular complexity index is 1050. The normalized spacial score (nSPS) is 10.7. The molecule has 0 saturated heterocycles. The van der Waals surface area contributed by atoms with Gasteiger partial charge in [-0.25, -0.2) is 4.39 Å². The molecule has 0 atom stereocenters. The third kappa shape index (κ3) is 4.49. The average molecular weight is 430 g/mol. The van der Waals surface area contributed by atoms with E-state index in [1.165, 1.54) is 12.1 Å². The molecular weight excluding hydrogens is 413 g/mol. The first-order valence-corrected chi connectivity index (χ1v) is 9.04. The molecule has 5 nitrogen and oxygen atoms in total. The first-order chi connectivity index (χ1) is 12.8. The third-order valence-electron chi connectivity index (χ3n) is 4.09. The second kappa shape index (κ2) is 7.84. The van der Waals surface area contributed by atoms with E-state index in [9.17, 15) is 14.0 Å². The first kappa shape index (κ1) is 19.0. The maximum absolute atomic E-state index is 13.3. The molecule has 2 aromatic carbocycles. The maximum Gasteiger partial charge on any atom is 0.253 e. The molecule has 0 aliphatic rings. The van der Waals surface area contributed by atoms with Gasteiger partial charge < -0.3 is 10.6 Å². The van der Waals surface area contributed by atoms with Crippen molar-refractivity contribution in [3.05, 3.63) is 69.6 Å². The zero-order valence-corrected chi connectivity index (χ0v) is 16.4. The lowest BCUT2D eigenvalue weighted by molar-refractivity contribution is -0.115. The molecule has 0 bridgehead atoms. The highest BCUT2D eigenvalue weighted by atomic mass is 79.9. The summed E-state index contributed by atoms with van der Waals surface area (Å²) >= 11 is 3.37. The van der Waals surface area contributed by atoms with Crippen molar-refractivity contribution in [1.29, 1.82) is 0 Å². The summed E-state index contributed by atoms with van der Waals surface area (Å²) in [5, 5.41) is 6.01. The molecule has 138 valence electrons. The summed E-state index contributed by atoms with van der Waals surface area (Å²) in [5.74, 6) is -1.12. The van der Waals surface area contributed by atoms with Gasteiger partial charge in [0.25, 0.3) is 5.91 Å². The van der Waals surface area contributed by atoms with E-state index in [0.29, 0.717) is 27.8 Å². The van der Waals surface area contributed by atoms with Crippen molar-refractivity contribution in [3.8, 4) is 0 Å². The maximum atomic E-state index is 13.3. The van der Waals surface area contributed by atoms with Gasteiger partial charge in [-0.1, -0.05) is 15.9 Å². The lowest BCUT2D eigenvalue weighted by Gasteiger charge is -2.11. The Morgan fingerprint density at radius 2 is 1.89 bits per heavy atom. The fourth-order valence-corrected chi connectivity index (χ4v) is 3.16. The molecule has 0 fully saturated rings. The predicted molar refractivity (Wildman–Crippen MR) is 106 cm³/mol. The number of aryl methyl sites for hydroxylation is 2. The van der Waals surface area contributed by atoms with Gasteiger partial charge in [0.15, 0.2) is 0 Å². The number of halogens is 2. The molecule has 1 aromatic heterocycles. The van der Waals surface area contributed by atoms with Crippen molar-refractivity contribution < 1.29 is 14.0 Å². The molecule has 3 aromatic rings. The van der Waals surface area contributed by atoms with E-state index in [0.717, 1.165) is 10.0 Å². The number of nitrogens with one attached hydrogen (secondary N) is 2. The fourth-order valence-electron chi connectivity index (χ4n) is 2.68. The van der Waals surface area contributed by atoms with Crippen molar-refractivity contribution in [2.45, 2.75) is 13.8 Å². The molecule has 0 spiro atoms. The number of hydrogen-bond donors (Lipinski definition) is 2. The summed E-state index contributed by atoms with van der Waals surface area (Å²) in [6, 6.07) is 11.3. The number of rotatable bonds is 4. The number of nitrogens with zero attached hydrogens (tertiary/aromatic N) is 1. The fraction of sp³-hybridized carbons (Fsp3) is 0.150. The summed E-state index contributed by atoms with van der Waals surface area (Å²) in [7, 11) is 0. The van der Waals surface area contributed by atoms with E-state index in [-0.39, 0.29) is 18.3 Å². The van der Waals surface area contributed by atoms with Crippen LogP contribution < -0.4 is 10.6 Å². The monoisotopic (exact) mass is 429 g/mol. The summed E-state index contributed by atoms with van der Waals surface area (Å²) in [5.41, 5.74) is 2.89. The summed E-state index contributed by atoms with van der Waals surface area (Å²) in [6.45, 7) is 3.38. The Morgan fingerprint density at radius 1 is 1.11 bits per heavy atom. The number of carbonyl (C=O) groups is 2. The Hall–Kier alpha value is -2.80. The van der Waals surface area contributed by atoms with E-state index < -0.39 is 5.91 Å². The van der Waals surface area contributed by atoms with Crippen molar-refractivity contribution in [3.63, 3.8) is 0 Å². The van der Waals surface area contributed by atoms with Gasteiger partial charge in [-0.2, -0.15) is 0 Å². The molecule has 2 N–H and O–H groups in total. The molecule has 1 heterocycles. The lowest BCUT2D eigenvalue weighted by Crippen LogP contribution is -2.33. The van der Waals surface area contributed by atoms with Crippen LogP contribution in [-0.2, 0) is 4.79 Å². The van der Waals surface area contributed by atoms with Gasteiger partial charge in [-0.15, -0.1) is 0 Å². The smallest absolute Gasteiger partial charge is 0.253 e. The predicted octanol–water partition coefficient (Wildman–Crippen LogP) is 4.12. The second-order valence-electron chi connectivity index (χ2n) is 6.15. The van der Waals surface area contributed by atoms with Crippen LogP contribution >= 0.6 is 15.9 Å². The van der Waals surface area contributed by atoms with E-state index in [4.69, 9.17) is 0 Å². The standard InChI is InChI=1S/C20H17BrFN3O2/c1-11-7-14(21)4-6-17(11)25-19(26)10-23-20(27)16-8-13-3-5-15(22)9-18(13)24-12(16)2/h3-9H,10H2,1-2H3,(H,23,27)(H,25,26). The van der Waals surface area contributed by atoms with Crippen LogP contribution in [0.2, 0.25) is 0 Å². The SMILES string of the molecule is Cc1cc(Br)ccc1NC(=O)CNC(=O)c1cc2ccc(F)cc2nc1C. The van der Waals surface area contributed by atoms with Gasteiger partial charge in [0.2, 0.25) is 5.91 Å². The minimum absolute atomic E-state index is 0.171. The van der Waals surface area contributed by atoms with Crippen LogP contribution in [-0.4, -0.2) is 23.3 Å². The summed E-state index contributed by atoms with van der Waals surface area (Å²) < 4.78 is 14.2. The molecule has 0 saturated carbocycles. The molecule has 0 radical (unpaired) electrons. The molecule has 0 aliphatic heterocycles. The topological polar surface area (TPSA) is 71.1 Å². The Labute approximate surface area is 164 Å². The van der Waals surface area contributed by atoms with Crippen LogP contribution in [0, 0.1) is 19.7 Å². The van der Waals surface area contributed by atoms with Crippen LogP contribution in [0.15, 0.2) is 46.9 Å². The highest BCUT2D eigenvalue weighted by Crippen LogP contribution is 2.20. The van der Waals surface area contributed by atoms with Crippen LogP contribution in [0.5, 0.6) is 0 Å². The van der Waals surface area contributed by atoms with Crippen molar-refractivity contribution in [1.82, 2.24) is 10.3 Å². The van der Waals surface area contributed by atoms with Gasteiger partial charge in [0.1, 0.15) is 5.82 Å². The average Bonchev–Trinajstić information content (AvgIpc) is 2.61. The minimum atomic E-state index is -0.408. The number of hydrogen-bond acceptors (Lipinski definition) is 3.